The van der Waals surface area contributed by atoms with E-state index in [1.807, 2.05) is 0 Å². The molecule has 17 heavy (non-hydrogen) atoms. The van der Waals surface area contributed by atoms with Crippen molar-refractivity contribution in [2.24, 2.45) is 0 Å². The molecule has 0 N–H and O–H groups in total. The van der Waals surface area contributed by atoms with E-state index in [0.29, 0.717) is 12.0 Å². The number of carbonyl (C=O) groups is 1. The Kier molecular flexibility index (Phi) is 4.16. The summed E-state index contributed by atoms with van der Waals surface area (Å²) in [7, 11) is 1.09. The molecule has 5 heteroatoms. The third kappa shape index (κ3) is 2.41. The van der Waals surface area contributed by atoms with Crippen LogP contribution in [0.2, 0.25) is 0 Å². The predicted octanol–water partition coefficient (Wildman–Crippen LogP) is 2.84. The van der Waals surface area contributed by atoms with Crippen LogP contribution in [-0.4, -0.2) is 13.1 Å². The number of hydrogen-bond acceptors (Lipinski definition) is 3. The standard InChI is InChI=1S/C12H11F2NO2/c1-3-7-4-5-8(6-15)10(12(16)17-2)9(7)11(13)14/h4-5,11H,3H2,1-2H3. The van der Waals surface area contributed by atoms with Crippen LogP contribution in [0.25, 0.3) is 0 Å². The van der Waals surface area contributed by atoms with E-state index in [9.17, 15) is 13.6 Å². The molecule has 0 fully saturated rings. The smallest absolute Gasteiger partial charge is 0.339 e. The van der Waals surface area contributed by atoms with Crippen molar-refractivity contribution in [1.29, 1.82) is 5.26 Å². The third-order valence-electron chi connectivity index (χ3n) is 2.44. The maximum absolute atomic E-state index is 13.0. The van der Waals surface area contributed by atoms with Gasteiger partial charge in [0.2, 0.25) is 0 Å². The van der Waals surface area contributed by atoms with Gasteiger partial charge in [-0.3, -0.25) is 0 Å². The summed E-state index contributed by atoms with van der Waals surface area (Å²) in [5, 5.41) is 8.83. The van der Waals surface area contributed by atoms with Crippen LogP contribution in [0.4, 0.5) is 8.78 Å². The topological polar surface area (TPSA) is 50.1 Å². The fraction of sp³-hybridized carbons (Fsp3) is 0.333. The van der Waals surface area contributed by atoms with Crippen molar-refractivity contribution in [2.45, 2.75) is 19.8 Å². The lowest BCUT2D eigenvalue weighted by Gasteiger charge is -2.13. The van der Waals surface area contributed by atoms with E-state index < -0.39 is 18.0 Å². The zero-order chi connectivity index (χ0) is 13.0. The second-order valence-electron chi connectivity index (χ2n) is 3.32. The molecule has 0 radical (unpaired) electrons. The number of carbonyl (C=O) groups excluding carboxylic acids is 1. The van der Waals surface area contributed by atoms with E-state index in [2.05, 4.69) is 4.74 Å². The van der Waals surface area contributed by atoms with Crippen LogP contribution in [-0.2, 0) is 11.2 Å². The Morgan fingerprint density at radius 1 is 1.53 bits per heavy atom. The molecule has 0 aromatic heterocycles. The maximum atomic E-state index is 13.0. The van der Waals surface area contributed by atoms with E-state index >= 15 is 0 Å². The van der Waals surface area contributed by atoms with Gasteiger partial charge < -0.3 is 4.74 Å². The third-order valence-corrected chi connectivity index (χ3v) is 2.44. The van der Waals surface area contributed by atoms with Crippen molar-refractivity contribution in [1.82, 2.24) is 0 Å². The molecule has 0 aliphatic carbocycles. The first-order valence-electron chi connectivity index (χ1n) is 4.99. The van der Waals surface area contributed by atoms with Gasteiger partial charge in [0.1, 0.15) is 6.07 Å². The first-order chi connectivity index (χ1) is 8.06. The normalized spacial score (nSPS) is 10.1. The Morgan fingerprint density at radius 3 is 2.59 bits per heavy atom. The molecule has 0 aliphatic heterocycles. The molecular weight excluding hydrogens is 228 g/mol. The summed E-state index contributed by atoms with van der Waals surface area (Å²) in [5.41, 5.74) is -0.480. The summed E-state index contributed by atoms with van der Waals surface area (Å²) in [5.74, 6) is -0.910. The highest BCUT2D eigenvalue weighted by Gasteiger charge is 2.25. The van der Waals surface area contributed by atoms with Crippen molar-refractivity contribution >= 4 is 5.97 Å². The number of alkyl halides is 2. The number of ether oxygens (including phenoxy) is 1. The lowest BCUT2D eigenvalue weighted by Crippen LogP contribution is -2.11. The van der Waals surface area contributed by atoms with Gasteiger partial charge in [0.05, 0.1) is 18.2 Å². The van der Waals surface area contributed by atoms with Crippen LogP contribution >= 0.6 is 0 Å². The summed E-state index contributed by atoms with van der Waals surface area (Å²) in [6, 6.07) is 4.52. The Labute approximate surface area is 97.6 Å². The van der Waals surface area contributed by atoms with Crippen LogP contribution in [0.1, 0.15) is 40.4 Å². The number of aryl methyl sites for hydroxylation is 1. The summed E-state index contributed by atoms with van der Waals surface area (Å²) in [6.45, 7) is 1.70. The van der Waals surface area contributed by atoms with E-state index in [-0.39, 0.29) is 11.1 Å². The number of hydrogen-bond donors (Lipinski definition) is 0. The van der Waals surface area contributed by atoms with Gasteiger partial charge in [-0.15, -0.1) is 0 Å². The second kappa shape index (κ2) is 5.39. The monoisotopic (exact) mass is 239 g/mol. The van der Waals surface area contributed by atoms with Crippen molar-refractivity contribution < 1.29 is 18.3 Å². The van der Waals surface area contributed by atoms with Gasteiger partial charge >= 0.3 is 5.97 Å². The number of halogens is 2. The highest BCUT2D eigenvalue weighted by atomic mass is 19.3. The van der Waals surface area contributed by atoms with Crippen molar-refractivity contribution in [3.8, 4) is 6.07 Å². The van der Waals surface area contributed by atoms with Gasteiger partial charge in [0.25, 0.3) is 6.43 Å². The second-order valence-corrected chi connectivity index (χ2v) is 3.32. The molecule has 1 rings (SSSR count). The van der Waals surface area contributed by atoms with Crippen LogP contribution in [0.3, 0.4) is 0 Å². The van der Waals surface area contributed by atoms with Crippen LogP contribution in [0, 0.1) is 11.3 Å². The summed E-state index contributed by atoms with van der Waals surface area (Å²) >= 11 is 0. The zero-order valence-corrected chi connectivity index (χ0v) is 9.46. The first-order valence-corrected chi connectivity index (χ1v) is 4.99. The van der Waals surface area contributed by atoms with Gasteiger partial charge in [-0.1, -0.05) is 13.0 Å². The number of nitrogens with zero attached hydrogens (tertiary/aromatic N) is 1. The number of esters is 1. The first kappa shape index (κ1) is 13.1. The molecule has 0 unspecified atom stereocenters. The fourth-order valence-electron chi connectivity index (χ4n) is 1.64. The van der Waals surface area contributed by atoms with Gasteiger partial charge in [-0.25, -0.2) is 13.6 Å². The molecule has 0 heterocycles. The molecule has 0 atom stereocenters. The number of benzene rings is 1. The summed E-state index contributed by atoms with van der Waals surface area (Å²) in [6.07, 6.45) is -2.46. The molecule has 1 aromatic rings. The highest BCUT2D eigenvalue weighted by molar-refractivity contribution is 5.94. The molecule has 90 valence electrons. The largest absolute Gasteiger partial charge is 0.465 e. The summed E-state index contributed by atoms with van der Waals surface area (Å²) < 4.78 is 30.4. The van der Waals surface area contributed by atoms with Crippen molar-refractivity contribution in [2.75, 3.05) is 7.11 Å². The fourth-order valence-corrected chi connectivity index (χ4v) is 1.64. The molecule has 3 nitrogen and oxygen atoms in total. The average Bonchev–Trinajstić information content (AvgIpc) is 2.35. The molecular formula is C12H11F2NO2. The maximum Gasteiger partial charge on any atom is 0.339 e. The quantitative estimate of drug-likeness (QED) is 0.762. The molecule has 0 saturated heterocycles. The number of nitriles is 1. The Morgan fingerprint density at radius 2 is 2.18 bits per heavy atom. The average molecular weight is 239 g/mol. The lowest BCUT2D eigenvalue weighted by molar-refractivity contribution is 0.0588. The molecule has 0 spiro atoms. The minimum Gasteiger partial charge on any atom is -0.465 e. The Bertz CT molecular complexity index is 478. The van der Waals surface area contributed by atoms with Gasteiger partial charge in [-0.05, 0) is 18.1 Å². The SMILES string of the molecule is CCc1ccc(C#N)c(C(=O)OC)c1C(F)F. The van der Waals surface area contributed by atoms with E-state index in [1.165, 1.54) is 12.1 Å². The minimum atomic E-state index is -2.81. The Hall–Kier alpha value is -1.96. The predicted molar refractivity (Wildman–Crippen MR) is 56.8 cm³/mol. The van der Waals surface area contributed by atoms with E-state index in [4.69, 9.17) is 5.26 Å². The van der Waals surface area contributed by atoms with E-state index in [1.54, 1.807) is 13.0 Å². The highest BCUT2D eigenvalue weighted by Crippen LogP contribution is 2.30. The molecule has 0 saturated carbocycles. The van der Waals surface area contributed by atoms with Crippen molar-refractivity contribution in [3.63, 3.8) is 0 Å². The molecule has 0 amide bonds. The molecule has 1 aromatic carbocycles. The lowest BCUT2D eigenvalue weighted by atomic mass is 9.95. The van der Waals surface area contributed by atoms with Crippen molar-refractivity contribution in [3.05, 3.63) is 34.4 Å². The van der Waals surface area contributed by atoms with Crippen LogP contribution < -0.4 is 0 Å². The molecule has 0 aliphatic rings. The van der Waals surface area contributed by atoms with Gasteiger partial charge in [0.15, 0.2) is 0 Å². The zero-order valence-electron chi connectivity index (χ0n) is 9.46. The van der Waals surface area contributed by atoms with Gasteiger partial charge in [-0.2, -0.15) is 5.26 Å². The Balaban J connectivity index is 3.59. The van der Waals surface area contributed by atoms with Crippen LogP contribution in [0.15, 0.2) is 12.1 Å². The van der Waals surface area contributed by atoms with E-state index in [0.717, 1.165) is 7.11 Å². The number of rotatable bonds is 3. The minimum absolute atomic E-state index is 0.0932. The summed E-state index contributed by atoms with van der Waals surface area (Å²) in [4.78, 5) is 11.5. The number of methoxy groups -OCH3 is 1. The van der Waals surface area contributed by atoms with Crippen LogP contribution in [0.5, 0.6) is 0 Å². The molecule has 0 bridgehead atoms. The van der Waals surface area contributed by atoms with Gasteiger partial charge in [0, 0.05) is 5.56 Å².